The minimum Gasteiger partial charge on any atom is -0.349 e. The summed E-state index contributed by atoms with van der Waals surface area (Å²) in [4.78, 5) is 12.1. The number of anilines is 1. The van der Waals surface area contributed by atoms with E-state index in [1.807, 2.05) is 6.92 Å². The van der Waals surface area contributed by atoms with Crippen molar-refractivity contribution in [3.63, 3.8) is 0 Å². The molecular weight excluding hydrogens is 338 g/mol. The standard InChI is InChI=1S/C15H23N3O3S.ClH/c1-2-11-22(20,21)18-14-5-3-12(4-6-14)15(19)17-13-7-9-16-10-8-13;/h3-6,13,16,18H,2,7-11H2,1H3,(H,17,19);1H. The molecule has 0 atom stereocenters. The van der Waals surface area contributed by atoms with E-state index in [4.69, 9.17) is 0 Å². The summed E-state index contributed by atoms with van der Waals surface area (Å²) in [6, 6.07) is 6.71. The van der Waals surface area contributed by atoms with Gasteiger partial charge in [-0.1, -0.05) is 6.92 Å². The molecule has 0 aromatic heterocycles. The molecule has 0 aliphatic carbocycles. The smallest absolute Gasteiger partial charge is 0.251 e. The number of halogens is 1. The lowest BCUT2D eigenvalue weighted by atomic mass is 10.1. The Morgan fingerprint density at radius 3 is 2.39 bits per heavy atom. The van der Waals surface area contributed by atoms with Crippen molar-refractivity contribution in [3.8, 4) is 0 Å². The first-order chi connectivity index (χ1) is 10.5. The Balaban J connectivity index is 0.00000264. The van der Waals surface area contributed by atoms with Crippen LogP contribution in [0.5, 0.6) is 0 Å². The third-order valence-corrected chi connectivity index (χ3v) is 5.06. The molecule has 1 heterocycles. The number of benzene rings is 1. The van der Waals surface area contributed by atoms with Crippen molar-refractivity contribution in [3.05, 3.63) is 29.8 Å². The normalized spacial score (nSPS) is 15.5. The van der Waals surface area contributed by atoms with Gasteiger partial charge < -0.3 is 10.6 Å². The van der Waals surface area contributed by atoms with Crippen molar-refractivity contribution in [1.82, 2.24) is 10.6 Å². The molecule has 1 aliphatic heterocycles. The summed E-state index contributed by atoms with van der Waals surface area (Å²) in [6.07, 6.45) is 2.42. The average Bonchev–Trinajstić information content (AvgIpc) is 2.48. The summed E-state index contributed by atoms with van der Waals surface area (Å²) in [5, 5.41) is 6.26. The highest BCUT2D eigenvalue weighted by atomic mass is 35.5. The molecule has 0 bridgehead atoms. The predicted octanol–water partition coefficient (Wildman–Crippen LogP) is 1.74. The number of amides is 1. The molecule has 130 valence electrons. The van der Waals surface area contributed by atoms with Crippen LogP contribution in [0.2, 0.25) is 0 Å². The fraction of sp³-hybridized carbons (Fsp3) is 0.533. The van der Waals surface area contributed by atoms with Crippen molar-refractivity contribution in [1.29, 1.82) is 0 Å². The van der Waals surface area contributed by atoms with Gasteiger partial charge in [0.15, 0.2) is 0 Å². The molecule has 0 spiro atoms. The molecule has 1 aliphatic rings. The molecule has 3 N–H and O–H groups in total. The van der Waals surface area contributed by atoms with Crippen LogP contribution in [0.15, 0.2) is 24.3 Å². The monoisotopic (exact) mass is 361 g/mol. The molecule has 6 nitrogen and oxygen atoms in total. The van der Waals surface area contributed by atoms with E-state index in [1.165, 1.54) is 0 Å². The maximum Gasteiger partial charge on any atom is 0.251 e. The van der Waals surface area contributed by atoms with Crippen LogP contribution in [0.3, 0.4) is 0 Å². The number of hydrogen-bond acceptors (Lipinski definition) is 4. The SMILES string of the molecule is CCCS(=O)(=O)Nc1ccc(C(=O)NC2CCNCC2)cc1.Cl. The second-order valence-electron chi connectivity index (χ2n) is 5.50. The van der Waals surface area contributed by atoms with Gasteiger partial charge in [-0.15, -0.1) is 12.4 Å². The van der Waals surface area contributed by atoms with Gasteiger partial charge in [-0.25, -0.2) is 8.42 Å². The van der Waals surface area contributed by atoms with Crippen LogP contribution in [0, 0.1) is 0 Å². The Kier molecular flexibility index (Phi) is 7.81. The van der Waals surface area contributed by atoms with Crippen molar-refractivity contribution >= 4 is 34.0 Å². The quantitative estimate of drug-likeness (QED) is 0.720. The van der Waals surface area contributed by atoms with Gasteiger partial charge in [0.1, 0.15) is 0 Å². The molecule has 0 saturated carbocycles. The van der Waals surface area contributed by atoms with Crippen LogP contribution in [-0.4, -0.2) is 39.2 Å². The van der Waals surface area contributed by atoms with Crippen LogP contribution in [0.1, 0.15) is 36.5 Å². The van der Waals surface area contributed by atoms with Gasteiger partial charge >= 0.3 is 0 Å². The molecule has 1 fully saturated rings. The fourth-order valence-corrected chi connectivity index (χ4v) is 3.56. The Bertz CT molecular complexity index is 599. The van der Waals surface area contributed by atoms with E-state index in [0.29, 0.717) is 17.7 Å². The number of piperidine rings is 1. The Morgan fingerprint density at radius 2 is 1.83 bits per heavy atom. The Hall–Kier alpha value is -1.31. The van der Waals surface area contributed by atoms with E-state index in [2.05, 4.69) is 15.4 Å². The maximum atomic E-state index is 12.1. The minimum atomic E-state index is -3.30. The lowest BCUT2D eigenvalue weighted by molar-refractivity contribution is 0.0929. The van der Waals surface area contributed by atoms with Gasteiger partial charge in [0.2, 0.25) is 10.0 Å². The van der Waals surface area contributed by atoms with Crippen LogP contribution in [0.4, 0.5) is 5.69 Å². The number of sulfonamides is 1. The average molecular weight is 362 g/mol. The fourth-order valence-electron chi connectivity index (χ4n) is 2.42. The molecule has 1 aromatic rings. The van der Waals surface area contributed by atoms with E-state index in [1.54, 1.807) is 24.3 Å². The van der Waals surface area contributed by atoms with E-state index < -0.39 is 10.0 Å². The van der Waals surface area contributed by atoms with Gasteiger partial charge in [-0.3, -0.25) is 9.52 Å². The highest BCUT2D eigenvalue weighted by Crippen LogP contribution is 2.13. The van der Waals surface area contributed by atoms with Crippen molar-refractivity contribution < 1.29 is 13.2 Å². The van der Waals surface area contributed by atoms with Crippen LogP contribution >= 0.6 is 12.4 Å². The summed E-state index contributed by atoms with van der Waals surface area (Å²) >= 11 is 0. The van der Waals surface area contributed by atoms with E-state index in [0.717, 1.165) is 25.9 Å². The lowest BCUT2D eigenvalue weighted by Crippen LogP contribution is -2.42. The first-order valence-electron chi connectivity index (χ1n) is 7.62. The number of carbonyl (C=O) groups excluding carboxylic acids is 1. The zero-order valence-electron chi connectivity index (χ0n) is 13.2. The van der Waals surface area contributed by atoms with Gasteiger partial charge in [-0.2, -0.15) is 0 Å². The van der Waals surface area contributed by atoms with Gasteiger partial charge in [0, 0.05) is 17.3 Å². The topological polar surface area (TPSA) is 87.3 Å². The lowest BCUT2D eigenvalue weighted by Gasteiger charge is -2.23. The van der Waals surface area contributed by atoms with E-state index in [9.17, 15) is 13.2 Å². The summed E-state index contributed by atoms with van der Waals surface area (Å²) in [7, 11) is -3.30. The number of nitrogens with one attached hydrogen (secondary N) is 3. The second-order valence-corrected chi connectivity index (χ2v) is 7.34. The van der Waals surface area contributed by atoms with Crippen LogP contribution in [0.25, 0.3) is 0 Å². The van der Waals surface area contributed by atoms with Gasteiger partial charge in [-0.05, 0) is 56.6 Å². The maximum absolute atomic E-state index is 12.1. The highest BCUT2D eigenvalue weighted by molar-refractivity contribution is 7.92. The van der Waals surface area contributed by atoms with Crippen LogP contribution < -0.4 is 15.4 Å². The van der Waals surface area contributed by atoms with Crippen LogP contribution in [-0.2, 0) is 10.0 Å². The first kappa shape index (κ1) is 19.7. The predicted molar refractivity (Wildman–Crippen MR) is 94.7 cm³/mol. The number of rotatable bonds is 6. The summed E-state index contributed by atoms with van der Waals surface area (Å²) in [5.74, 6) is -0.0276. The molecule has 1 saturated heterocycles. The van der Waals surface area contributed by atoms with E-state index >= 15 is 0 Å². The Labute approximate surface area is 143 Å². The molecule has 0 unspecified atom stereocenters. The largest absolute Gasteiger partial charge is 0.349 e. The van der Waals surface area contributed by atoms with Gasteiger partial charge in [0.05, 0.1) is 5.75 Å². The molecule has 0 radical (unpaired) electrons. The third kappa shape index (κ3) is 6.37. The first-order valence-corrected chi connectivity index (χ1v) is 9.27. The summed E-state index contributed by atoms with van der Waals surface area (Å²) < 4.78 is 25.9. The highest BCUT2D eigenvalue weighted by Gasteiger charge is 2.16. The molecule has 1 aromatic carbocycles. The Morgan fingerprint density at radius 1 is 1.22 bits per heavy atom. The van der Waals surface area contributed by atoms with Crippen molar-refractivity contribution in [2.24, 2.45) is 0 Å². The molecule has 23 heavy (non-hydrogen) atoms. The van der Waals surface area contributed by atoms with E-state index in [-0.39, 0.29) is 30.1 Å². The summed E-state index contributed by atoms with van der Waals surface area (Å²) in [5.41, 5.74) is 1.02. The molecule has 8 heteroatoms. The third-order valence-electron chi connectivity index (χ3n) is 3.57. The number of carbonyl (C=O) groups is 1. The second kappa shape index (κ2) is 9.10. The van der Waals surface area contributed by atoms with Crippen molar-refractivity contribution in [2.45, 2.75) is 32.2 Å². The van der Waals surface area contributed by atoms with Crippen molar-refractivity contribution in [2.75, 3.05) is 23.6 Å². The zero-order valence-corrected chi connectivity index (χ0v) is 14.8. The summed E-state index contributed by atoms with van der Waals surface area (Å²) in [6.45, 7) is 3.65. The number of hydrogen-bond donors (Lipinski definition) is 3. The molecule has 2 rings (SSSR count). The van der Waals surface area contributed by atoms with Gasteiger partial charge in [0.25, 0.3) is 5.91 Å². The molecule has 1 amide bonds. The minimum absolute atomic E-state index is 0. The molecular formula is C15H24ClN3O3S. The zero-order chi connectivity index (χ0) is 16.0.